The van der Waals surface area contributed by atoms with Crippen LogP contribution in [0.4, 0.5) is 0 Å². The van der Waals surface area contributed by atoms with Crippen LogP contribution in [0.5, 0.6) is 0 Å². The van der Waals surface area contributed by atoms with E-state index in [2.05, 4.69) is 17.3 Å². The van der Waals surface area contributed by atoms with Crippen LogP contribution < -0.4 is 0 Å². The summed E-state index contributed by atoms with van der Waals surface area (Å²) in [6.07, 6.45) is 7.51. The number of hydrogen-bond donors (Lipinski definition) is 0. The van der Waals surface area contributed by atoms with E-state index in [9.17, 15) is 0 Å². The Labute approximate surface area is 125 Å². The van der Waals surface area contributed by atoms with Gasteiger partial charge in [-0.1, -0.05) is 35.5 Å². The van der Waals surface area contributed by atoms with Gasteiger partial charge in [0.25, 0.3) is 0 Å². The third-order valence-electron chi connectivity index (χ3n) is 6.17. The first-order valence-corrected chi connectivity index (χ1v) is 8.25. The molecule has 0 amide bonds. The first-order chi connectivity index (χ1) is 10.4. The summed E-state index contributed by atoms with van der Waals surface area (Å²) in [6.45, 7) is 0.584. The lowest BCUT2D eigenvalue weighted by Crippen LogP contribution is -2.36. The van der Waals surface area contributed by atoms with Gasteiger partial charge in [-0.25, -0.2) is 0 Å². The molecule has 4 atom stereocenters. The van der Waals surface area contributed by atoms with Gasteiger partial charge >= 0.3 is 0 Å². The van der Waals surface area contributed by atoms with E-state index in [1.165, 1.54) is 43.4 Å². The Balaban J connectivity index is 1.36. The van der Waals surface area contributed by atoms with Crippen LogP contribution in [0.3, 0.4) is 0 Å². The van der Waals surface area contributed by atoms with Crippen LogP contribution in [0.1, 0.15) is 37.7 Å². The molecule has 4 fully saturated rings. The van der Waals surface area contributed by atoms with Crippen molar-refractivity contribution in [2.45, 2.75) is 50.9 Å². The lowest BCUT2D eigenvalue weighted by Gasteiger charge is -2.35. The molecule has 1 aromatic carbocycles. The fraction of sp³-hybridized carbons (Fsp3) is 0.611. The van der Waals surface area contributed by atoms with E-state index in [0.29, 0.717) is 30.1 Å². The van der Waals surface area contributed by atoms with Crippen LogP contribution in [-0.4, -0.2) is 17.9 Å². The summed E-state index contributed by atoms with van der Waals surface area (Å²) >= 11 is 0. The molecule has 3 aliphatic carbocycles. The van der Waals surface area contributed by atoms with Gasteiger partial charge < -0.3 is 9.57 Å². The zero-order chi connectivity index (χ0) is 13.9. The monoisotopic (exact) mass is 283 g/mol. The topological polar surface area (TPSA) is 34.1 Å². The third-order valence-corrected chi connectivity index (χ3v) is 6.17. The maximum Gasteiger partial charge on any atom is 0.142 e. The van der Waals surface area contributed by atoms with Crippen molar-refractivity contribution in [2.75, 3.05) is 0 Å². The molecule has 1 aromatic rings. The van der Waals surface area contributed by atoms with Crippen molar-refractivity contribution in [3.8, 4) is 0 Å². The number of rotatable bonds is 3. The molecule has 3 heteroatoms. The highest BCUT2D eigenvalue weighted by Gasteiger charge is 2.66. The minimum absolute atomic E-state index is 0.340. The third kappa shape index (κ3) is 1.80. The normalized spacial score (nSPS) is 44.5. The second-order valence-electron chi connectivity index (χ2n) is 7.22. The first kappa shape index (κ1) is 12.2. The molecule has 4 unspecified atom stereocenters. The van der Waals surface area contributed by atoms with Gasteiger partial charge in [-0.05, 0) is 43.6 Å². The van der Waals surface area contributed by atoms with Crippen LogP contribution in [0.25, 0.3) is 0 Å². The standard InChI is InChI=1S/C18H21NO2/c1-2-4-12(5-3-1)11-20-19-17-13-6-7-14(8-13)18(17)9-15-16(10-18)21-15/h1-5,13-16H,6-11H2. The van der Waals surface area contributed by atoms with Crippen molar-refractivity contribution >= 4 is 5.71 Å². The van der Waals surface area contributed by atoms with Gasteiger partial charge in [0.05, 0.1) is 17.9 Å². The predicted molar refractivity (Wildman–Crippen MR) is 79.8 cm³/mol. The Morgan fingerprint density at radius 1 is 1.14 bits per heavy atom. The van der Waals surface area contributed by atoms with Crippen molar-refractivity contribution < 1.29 is 9.57 Å². The van der Waals surface area contributed by atoms with E-state index in [1.54, 1.807) is 0 Å². The summed E-state index contributed by atoms with van der Waals surface area (Å²) in [4.78, 5) is 5.74. The van der Waals surface area contributed by atoms with Crippen LogP contribution >= 0.6 is 0 Å². The zero-order valence-corrected chi connectivity index (χ0v) is 12.2. The molecule has 3 saturated carbocycles. The highest BCUT2D eigenvalue weighted by molar-refractivity contribution is 5.95. The van der Waals surface area contributed by atoms with Crippen molar-refractivity contribution in [3.05, 3.63) is 35.9 Å². The Bertz CT molecular complexity index is 572. The quantitative estimate of drug-likeness (QED) is 0.628. The molecule has 0 aromatic heterocycles. The SMILES string of the molecule is c1ccc(CON=C2C3CCC(C3)C23CC2OC2C3)cc1. The summed E-state index contributed by atoms with van der Waals surface area (Å²) in [5.74, 6) is 1.53. The van der Waals surface area contributed by atoms with Crippen molar-refractivity contribution in [2.24, 2.45) is 22.4 Å². The van der Waals surface area contributed by atoms with Gasteiger partial charge in [0, 0.05) is 11.3 Å². The Kier molecular flexibility index (Phi) is 2.52. The second-order valence-corrected chi connectivity index (χ2v) is 7.22. The van der Waals surface area contributed by atoms with Gasteiger partial charge in [0.2, 0.25) is 0 Å². The zero-order valence-electron chi connectivity index (χ0n) is 12.2. The maximum atomic E-state index is 5.74. The van der Waals surface area contributed by atoms with E-state index in [1.807, 2.05) is 18.2 Å². The number of oxime groups is 1. The van der Waals surface area contributed by atoms with Gasteiger partial charge in [-0.2, -0.15) is 0 Å². The van der Waals surface area contributed by atoms with Gasteiger partial charge in [0.15, 0.2) is 0 Å². The summed E-state index contributed by atoms with van der Waals surface area (Å²) in [7, 11) is 0. The molecule has 4 aliphatic rings. The average Bonchev–Trinajstić information content (AvgIpc) is 2.91. The largest absolute Gasteiger partial charge is 0.391 e. The van der Waals surface area contributed by atoms with Crippen molar-refractivity contribution in [1.29, 1.82) is 0 Å². The second kappa shape index (κ2) is 4.33. The molecule has 110 valence electrons. The molecule has 21 heavy (non-hydrogen) atoms. The fourth-order valence-corrected chi connectivity index (χ4v) is 5.15. The molecular weight excluding hydrogens is 262 g/mol. The lowest BCUT2D eigenvalue weighted by atomic mass is 9.70. The molecule has 5 rings (SSSR count). The molecule has 0 N–H and O–H groups in total. The predicted octanol–water partition coefficient (Wildman–Crippen LogP) is 3.54. The molecule has 3 nitrogen and oxygen atoms in total. The summed E-state index contributed by atoms with van der Waals surface area (Å²) in [5.41, 5.74) is 2.91. The summed E-state index contributed by atoms with van der Waals surface area (Å²) in [6, 6.07) is 10.3. The Hall–Kier alpha value is -1.35. The molecule has 1 spiro atoms. The maximum absolute atomic E-state index is 5.74. The van der Waals surface area contributed by atoms with Gasteiger partial charge in [-0.3, -0.25) is 0 Å². The Morgan fingerprint density at radius 3 is 2.76 bits per heavy atom. The van der Waals surface area contributed by atoms with Crippen molar-refractivity contribution in [1.82, 2.24) is 0 Å². The highest BCUT2D eigenvalue weighted by atomic mass is 16.6. The minimum Gasteiger partial charge on any atom is -0.391 e. The number of hydrogen-bond acceptors (Lipinski definition) is 3. The number of fused-ring (bicyclic) bond motifs is 4. The van der Waals surface area contributed by atoms with E-state index in [4.69, 9.17) is 9.57 Å². The van der Waals surface area contributed by atoms with Crippen LogP contribution in [0, 0.1) is 17.3 Å². The summed E-state index contributed by atoms with van der Waals surface area (Å²) in [5, 5.41) is 4.65. The Morgan fingerprint density at radius 2 is 1.95 bits per heavy atom. The molecule has 1 heterocycles. The minimum atomic E-state index is 0.340. The van der Waals surface area contributed by atoms with Crippen molar-refractivity contribution in [3.63, 3.8) is 0 Å². The molecule has 2 bridgehead atoms. The molecule has 0 radical (unpaired) electrons. The highest BCUT2D eigenvalue weighted by Crippen LogP contribution is 2.65. The number of epoxide rings is 1. The van der Waals surface area contributed by atoms with Crippen LogP contribution in [-0.2, 0) is 16.2 Å². The fourth-order valence-electron chi connectivity index (χ4n) is 5.15. The number of nitrogens with zero attached hydrogens (tertiary/aromatic N) is 1. The number of ether oxygens (including phenoxy) is 1. The van der Waals surface area contributed by atoms with Crippen LogP contribution in [0.15, 0.2) is 35.5 Å². The average molecular weight is 283 g/mol. The molecular formula is C18H21NO2. The number of benzene rings is 1. The smallest absolute Gasteiger partial charge is 0.142 e. The van der Waals surface area contributed by atoms with Gasteiger partial charge in [-0.15, -0.1) is 0 Å². The molecule has 1 saturated heterocycles. The van der Waals surface area contributed by atoms with E-state index >= 15 is 0 Å². The van der Waals surface area contributed by atoms with E-state index in [0.717, 1.165) is 5.92 Å². The first-order valence-electron chi connectivity index (χ1n) is 8.25. The van der Waals surface area contributed by atoms with Gasteiger partial charge in [0.1, 0.15) is 6.61 Å². The van der Waals surface area contributed by atoms with E-state index in [-0.39, 0.29) is 0 Å². The summed E-state index contributed by atoms with van der Waals surface area (Å²) < 4.78 is 5.67. The van der Waals surface area contributed by atoms with E-state index < -0.39 is 0 Å². The van der Waals surface area contributed by atoms with Crippen LogP contribution in [0.2, 0.25) is 0 Å². The molecule has 1 aliphatic heterocycles. The lowest BCUT2D eigenvalue weighted by molar-refractivity contribution is 0.117.